The predicted octanol–water partition coefficient (Wildman–Crippen LogP) is -0.610. The number of carbonyl (C=O) groups excluding carboxylic acids is 1. The third-order valence-corrected chi connectivity index (χ3v) is 2.11. The molecular weight excluding hydrogens is 226 g/mol. The number of nitrogens with one attached hydrogen (secondary N) is 1. The predicted molar refractivity (Wildman–Crippen MR) is 58.4 cm³/mol. The van der Waals surface area contributed by atoms with Gasteiger partial charge in [0.25, 0.3) is 5.56 Å². The van der Waals surface area contributed by atoms with Gasteiger partial charge in [0.05, 0.1) is 12.8 Å². The van der Waals surface area contributed by atoms with E-state index < -0.39 is 11.5 Å². The van der Waals surface area contributed by atoms with E-state index in [0.29, 0.717) is 5.69 Å². The monoisotopic (exact) mass is 235 g/mol. The van der Waals surface area contributed by atoms with Crippen molar-refractivity contribution in [2.45, 2.75) is 6.92 Å². The van der Waals surface area contributed by atoms with E-state index in [-0.39, 0.29) is 22.8 Å². The fourth-order valence-corrected chi connectivity index (χ4v) is 1.35. The molecule has 2 rings (SSSR count). The number of esters is 1. The van der Waals surface area contributed by atoms with Crippen LogP contribution in [0.4, 0.5) is 5.95 Å². The summed E-state index contributed by atoms with van der Waals surface area (Å²) in [5.41, 5.74) is 5.22. The number of hydrogen-bond donors (Lipinski definition) is 2. The molecule has 0 spiro atoms. The Hall–Kier alpha value is -2.51. The Labute approximate surface area is 94.9 Å². The smallest absolute Gasteiger partial charge is 0.358 e. The quantitative estimate of drug-likeness (QED) is 0.631. The third-order valence-electron chi connectivity index (χ3n) is 2.11. The summed E-state index contributed by atoms with van der Waals surface area (Å²) in [7, 11) is 1.23. The van der Waals surface area contributed by atoms with E-state index in [1.807, 2.05) is 0 Å². The topological polar surface area (TPSA) is 124 Å². The summed E-state index contributed by atoms with van der Waals surface area (Å²) in [5.74, 6) is -0.728. The molecule has 0 unspecified atom stereocenters. The zero-order valence-corrected chi connectivity index (χ0v) is 9.14. The maximum atomic E-state index is 11.5. The number of fused-ring (bicyclic) bond motifs is 1. The Morgan fingerprint density at radius 3 is 2.71 bits per heavy atom. The van der Waals surface area contributed by atoms with E-state index in [1.54, 1.807) is 6.92 Å². The third kappa shape index (κ3) is 1.80. The maximum absolute atomic E-state index is 11.5. The minimum Gasteiger partial charge on any atom is -0.464 e. The van der Waals surface area contributed by atoms with Gasteiger partial charge in [-0.3, -0.25) is 9.78 Å². The molecule has 0 atom stereocenters. The lowest BCUT2D eigenvalue weighted by atomic mass is 10.3. The van der Waals surface area contributed by atoms with E-state index >= 15 is 0 Å². The van der Waals surface area contributed by atoms with Gasteiger partial charge in [0.1, 0.15) is 0 Å². The Balaban J connectivity index is 2.80. The average Bonchev–Trinajstić information content (AvgIpc) is 2.28. The van der Waals surface area contributed by atoms with E-state index in [9.17, 15) is 9.59 Å². The number of rotatable bonds is 1. The molecule has 2 aromatic rings. The van der Waals surface area contributed by atoms with Gasteiger partial charge in [-0.1, -0.05) is 0 Å². The van der Waals surface area contributed by atoms with Crippen molar-refractivity contribution in [2.24, 2.45) is 0 Å². The molecule has 0 amide bonds. The second-order valence-corrected chi connectivity index (χ2v) is 3.27. The van der Waals surface area contributed by atoms with Gasteiger partial charge < -0.3 is 10.5 Å². The van der Waals surface area contributed by atoms with Crippen LogP contribution < -0.4 is 11.3 Å². The molecule has 0 radical (unpaired) electrons. The normalized spacial score (nSPS) is 10.5. The van der Waals surface area contributed by atoms with Crippen molar-refractivity contribution in [3.05, 3.63) is 21.7 Å². The van der Waals surface area contributed by atoms with Gasteiger partial charge in [-0.15, -0.1) is 0 Å². The summed E-state index contributed by atoms with van der Waals surface area (Å²) in [4.78, 5) is 36.9. The number of hydrogen-bond acceptors (Lipinski definition) is 7. The molecule has 2 aromatic heterocycles. The second kappa shape index (κ2) is 3.81. The van der Waals surface area contributed by atoms with Crippen molar-refractivity contribution in [3.8, 4) is 0 Å². The van der Waals surface area contributed by atoms with E-state index in [2.05, 4.69) is 24.7 Å². The first-order valence-electron chi connectivity index (χ1n) is 4.65. The van der Waals surface area contributed by atoms with Crippen LogP contribution in [-0.2, 0) is 4.74 Å². The van der Waals surface area contributed by atoms with Crippen LogP contribution in [0.5, 0.6) is 0 Å². The zero-order valence-electron chi connectivity index (χ0n) is 9.14. The highest BCUT2D eigenvalue weighted by Gasteiger charge is 2.16. The standard InChI is InChI=1S/C9H9N5O3/c1-3-4(8(16)17-2)12-6-5(11-3)7(15)14-9(10)13-6/h1-2H3,(H3,10,12,13,14,15). The van der Waals surface area contributed by atoms with Crippen molar-refractivity contribution in [3.63, 3.8) is 0 Å². The Morgan fingerprint density at radius 1 is 1.35 bits per heavy atom. The van der Waals surface area contributed by atoms with Gasteiger partial charge in [-0.25, -0.2) is 14.8 Å². The molecule has 2 heterocycles. The summed E-state index contributed by atoms with van der Waals surface area (Å²) < 4.78 is 4.54. The number of nitrogens with two attached hydrogens (primary N) is 1. The number of nitrogen functional groups attached to an aromatic ring is 1. The van der Waals surface area contributed by atoms with Crippen LogP contribution in [-0.4, -0.2) is 33.0 Å². The van der Waals surface area contributed by atoms with Crippen molar-refractivity contribution >= 4 is 23.1 Å². The van der Waals surface area contributed by atoms with Crippen LogP contribution >= 0.6 is 0 Å². The minimum atomic E-state index is -0.641. The highest BCUT2D eigenvalue weighted by atomic mass is 16.5. The Kier molecular flexibility index (Phi) is 2.47. The lowest BCUT2D eigenvalue weighted by Crippen LogP contribution is -2.17. The number of H-pyrrole nitrogens is 1. The number of carbonyl (C=O) groups is 1. The Bertz CT molecular complexity index is 663. The molecule has 3 N–H and O–H groups in total. The molecule has 0 aliphatic rings. The van der Waals surface area contributed by atoms with Gasteiger partial charge in [0, 0.05) is 0 Å². The van der Waals surface area contributed by atoms with Gasteiger partial charge >= 0.3 is 5.97 Å². The molecule has 8 nitrogen and oxygen atoms in total. The van der Waals surface area contributed by atoms with Gasteiger partial charge in [0.2, 0.25) is 5.95 Å². The van der Waals surface area contributed by atoms with Crippen molar-refractivity contribution in [2.75, 3.05) is 12.8 Å². The number of anilines is 1. The van der Waals surface area contributed by atoms with E-state index in [1.165, 1.54) is 7.11 Å². The highest BCUT2D eigenvalue weighted by Crippen LogP contribution is 2.08. The zero-order chi connectivity index (χ0) is 12.6. The summed E-state index contributed by atoms with van der Waals surface area (Å²) in [5, 5.41) is 0. The van der Waals surface area contributed by atoms with Crippen LogP contribution in [0, 0.1) is 6.92 Å². The number of aromatic nitrogens is 4. The molecule has 0 bridgehead atoms. The molecule has 0 aliphatic heterocycles. The van der Waals surface area contributed by atoms with Crippen LogP contribution in [0.2, 0.25) is 0 Å². The van der Waals surface area contributed by atoms with Crippen molar-refractivity contribution in [1.29, 1.82) is 0 Å². The number of aryl methyl sites for hydroxylation is 1. The second-order valence-electron chi connectivity index (χ2n) is 3.27. The average molecular weight is 235 g/mol. The van der Waals surface area contributed by atoms with Crippen molar-refractivity contribution < 1.29 is 9.53 Å². The molecule has 0 aromatic carbocycles. The molecule has 88 valence electrons. The molecule has 0 fully saturated rings. The summed E-state index contributed by atoms with van der Waals surface area (Å²) >= 11 is 0. The van der Waals surface area contributed by atoms with Crippen LogP contribution in [0.1, 0.15) is 16.2 Å². The molecule has 0 saturated heterocycles. The first kappa shape index (κ1) is 11.0. The number of aromatic amines is 1. The van der Waals surface area contributed by atoms with Gasteiger partial charge in [-0.2, -0.15) is 4.98 Å². The molecular formula is C9H9N5O3. The van der Waals surface area contributed by atoms with Crippen molar-refractivity contribution in [1.82, 2.24) is 19.9 Å². The summed E-state index contributed by atoms with van der Waals surface area (Å²) in [6.45, 7) is 1.55. The van der Waals surface area contributed by atoms with Crippen LogP contribution in [0.3, 0.4) is 0 Å². The first-order chi connectivity index (χ1) is 8.02. The highest BCUT2D eigenvalue weighted by molar-refractivity contribution is 5.90. The summed E-state index contributed by atoms with van der Waals surface area (Å²) in [6.07, 6.45) is 0. The van der Waals surface area contributed by atoms with E-state index in [4.69, 9.17) is 5.73 Å². The molecule has 8 heteroatoms. The van der Waals surface area contributed by atoms with Crippen LogP contribution in [0.25, 0.3) is 11.2 Å². The van der Waals surface area contributed by atoms with E-state index in [0.717, 1.165) is 0 Å². The lowest BCUT2D eigenvalue weighted by Gasteiger charge is -2.03. The largest absolute Gasteiger partial charge is 0.464 e. The van der Waals surface area contributed by atoms with Gasteiger partial charge in [0.15, 0.2) is 16.9 Å². The fraction of sp³-hybridized carbons (Fsp3) is 0.222. The van der Waals surface area contributed by atoms with Gasteiger partial charge in [-0.05, 0) is 6.92 Å². The number of ether oxygens (including phenoxy) is 1. The molecule has 0 saturated carbocycles. The summed E-state index contributed by atoms with van der Waals surface area (Å²) in [6, 6.07) is 0. The Morgan fingerprint density at radius 2 is 2.06 bits per heavy atom. The minimum absolute atomic E-state index is 0.0113. The SMILES string of the molecule is COC(=O)c1nc2nc(N)[nH]c(=O)c2nc1C. The first-order valence-corrected chi connectivity index (χ1v) is 4.65. The fourth-order valence-electron chi connectivity index (χ4n) is 1.35. The number of nitrogens with zero attached hydrogens (tertiary/aromatic N) is 3. The molecule has 17 heavy (non-hydrogen) atoms. The lowest BCUT2D eigenvalue weighted by molar-refractivity contribution is 0.0593. The maximum Gasteiger partial charge on any atom is 0.358 e. The van der Waals surface area contributed by atoms with Crippen LogP contribution in [0.15, 0.2) is 4.79 Å². The number of methoxy groups -OCH3 is 1. The molecule has 0 aliphatic carbocycles.